The zero-order valence-electron chi connectivity index (χ0n) is 5.83. The van der Waals surface area contributed by atoms with Crippen LogP contribution in [0, 0.1) is 0 Å². The van der Waals surface area contributed by atoms with Crippen molar-refractivity contribution in [2.75, 3.05) is 0 Å². The zero-order chi connectivity index (χ0) is 7.84. The Labute approximate surface area is 68.3 Å². The van der Waals surface area contributed by atoms with Gasteiger partial charge in [-0.05, 0) is 11.4 Å². The van der Waals surface area contributed by atoms with E-state index in [1.54, 1.807) is 6.08 Å². The quantitative estimate of drug-likeness (QED) is 0.635. The van der Waals surface area contributed by atoms with Crippen LogP contribution < -0.4 is 5.73 Å². The highest BCUT2D eigenvalue weighted by molar-refractivity contribution is 7.12. The van der Waals surface area contributed by atoms with Crippen LogP contribution in [-0.2, 0) is 0 Å². The van der Waals surface area contributed by atoms with Crippen LogP contribution in [0.5, 0.6) is 0 Å². The summed E-state index contributed by atoms with van der Waals surface area (Å²) in [6.07, 6.45) is 2.23. The van der Waals surface area contributed by atoms with Gasteiger partial charge in [0, 0.05) is 17.7 Å². The van der Waals surface area contributed by atoms with E-state index in [0.29, 0.717) is 6.42 Å². The van der Waals surface area contributed by atoms with Crippen LogP contribution in [0.1, 0.15) is 21.7 Å². The van der Waals surface area contributed by atoms with Gasteiger partial charge in [0.15, 0.2) is 5.78 Å². The molecular formula is C8H7NOS. The molecule has 0 spiro atoms. The Bertz CT molecular complexity index is 338. The maximum Gasteiger partial charge on any atom is 0.177 e. The Hall–Kier alpha value is -1.09. The molecule has 2 nitrogen and oxygen atoms in total. The van der Waals surface area contributed by atoms with Gasteiger partial charge in [0.2, 0.25) is 0 Å². The van der Waals surface area contributed by atoms with Gasteiger partial charge in [0.25, 0.3) is 0 Å². The predicted octanol–water partition coefficient (Wildman–Crippen LogP) is 1.63. The van der Waals surface area contributed by atoms with Crippen molar-refractivity contribution in [1.29, 1.82) is 0 Å². The van der Waals surface area contributed by atoms with E-state index in [4.69, 9.17) is 5.73 Å². The largest absolute Gasteiger partial charge is 0.398 e. The Morgan fingerprint density at radius 3 is 3.09 bits per heavy atom. The first-order chi connectivity index (χ1) is 5.29. The van der Waals surface area contributed by atoms with Crippen molar-refractivity contribution in [3.63, 3.8) is 0 Å². The summed E-state index contributed by atoms with van der Waals surface area (Å²) in [4.78, 5) is 12.0. The first-order valence-corrected chi connectivity index (χ1v) is 4.23. The van der Waals surface area contributed by atoms with Crippen molar-refractivity contribution < 1.29 is 4.79 Å². The van der Waals surface area contributed by atoms with E-state index in [9.17, 15) is 4.79 Å². The molecule has 0 fully saturated rings. The summed E-state index contributed by atoms with van der Waals surface area (Å²) in [7, 11) is 0. The summed E-state index contributed by atoms with van der Waals surface area (Å²) in [5, 5.41) is 1.90. The van der Waals surface area contributed by atoms with Crippen molar-refractivity contribution in [1.82, 2.24) is 0 Å². The van der Waals surface area contributed by atoms with Crippen LogP contribution in [0.4, 0.5) is 0 Å². The van der Waals surface area contributed by atoms with Crippen molar-refractivity contribution >= 4 is 22.8 Å². The second kappa shape index (κ2) is 2.20. The fourth-order valence-corrected chi connectivity index (χ4v) is 2.03. The third-order valence-corrected chi connectivity index (χ3v) is 2.69. The molecule has 0 saturated heterocycles. The maximum atomic E-state index is 11.2. The Morgan fingerprint density at radius 2 is 2.36 bits per heavy atom. The van der Waals surface area contributed by atoms with Crippen LogP contribution in [0.3, 0.4) is 0 Å². The van der Waals surface area contributed by atoms with Gasteiger partial charge < -0.3 is 5.73 Å². The zero-order valence-corrected chi connectivity index (χ0v) is 6.65. The molecule has 0 bridgehead atoms. The fraction of sp³-hybridized carbons (Fsp3) is 0.125. The van der Waals surface area contributed by atoms with Crippen molar-refractivity contribution in [2.45, 2.75) is 6.42 Å². The van der Waals surface area contributed by atoms with E-state index < -0.39 is 0 Å². The lowest BCUT2D eigenvalue weighted by atomic mass is 10.0. The summed E-state index contributed by atoms with van der Waals surface area (Å²) >= 11 is 1.47. The molecule has 0 amide bonds. The van der Waals surface area contributed by atoms with E-state index in [1.807, 2.05) is 11.4 Å². The van der Waals surface area contributed by atoms with Crippen LogP contribution in [0.15, 0.2) is 17.5 Å². The van der Waals surface area contributed by atoms with E-state index in [1.165, 1.54) is 11.3 Å². The van der Waals surface area contributed by atoms with Gasteiger partial charge in [-0.2, -0.15) is 0 Å². The molecule has 0 unspecified atom stereocenters. The number of hydrogen-bond donors (Lipinski definition) is 1. The highest BCUT2D eigenvalue weighted by Gasteiger charge is 2.17. The lowest BCUT2D eigenvalue weighted by Crippen LogP contribution is -2.08. The number of nitrogens with two attached hydrogens (primary N) is 1. The highest BCUT2D eigenvalue weighted by Crippen LogP contribution is 2.27. The summed E-state index contributed by atoms with van der Waals surface area (Å²) in [6.45, 7) is 0. The molecule has 2 rings (SSSR count). The van der Waals surface area contributed by atoms with Crippen LogP contribution in [0.2, 0.25) is 0 Å². The van der Waals surface area contributed by atoms with E-state index >= 15 is 0 Å². The number of carbonyl (C=O) groups excluding carboxylic acids is 1. The van der Waals surface area contributed by atoms with Gasteiger partial charge in [-0.15, -0.1) is 11.3 Å². The topological polar surface area (TPSA) is 43.1 Å². The summed E-state index contributed by atoms with van der Waals surface area (Å²) < 4.78 is 0. The third-order valence-electron chi connectivity index (χ3n) is 1.74. The van der Waals surface area contributed by atoms with Crippen LogP contribution in [-0.4, -0.2) is 5.78 Å². The number of rotatable bonds is 0. The fourth-order valence-electron chi connectivity index (χ4n) is 1.16. The lowest BCUT2D eigenvalue weighted by Gasteiger charge is -2.07. The molecule has 1 aliphatic carbocycles. The van der Waals surface area contributed by atoms with Crippen LogP contribution >= 0.6 is 11.3 Å². The predicted molar refractivity (Wildman–Crippen MR) is 45.4 cm³/mol. The second-order valence-corrected chi connectivity index (χ2v) is 3.37. The normalized spacial score (nSPS) is 16.0. The summed E-state index contributed by atoms with van der Waals surface area (Å²) in [5.41, 5.74) is 7.31. The van der Waals surface area contributed by atoms with Crippen molar-refractivity contribution in [3.8, 4) is 0 Å². The molecule has 2 N–H and O–H groups in total. The molecule has 1 aromatic rings. The first kappa shape index (κ1) is 6.61. The number of thiophene rings is 1. The molecule has 0 aliphatic heterocycles. The molecule has 0 radical (unpaired) electrons. The first-order valence-electron chi connectivity index (χ1n) is 3.36. The minimum Gasteiger partial charge on any atom is -0.398 e. The van der Waals surface area contributed by atoms with Gasteiger partial charge in [0.05, 0.1) is 4.88 Å². The average Bonchev–Trinajstić information content (AvgIpc) is 2.45. The summed E-state index contributed by atoms with van der Waals surface area (Å²) in [5.74, 6) is 0.184. The molecule has 0 atom stereocenters. The number of allylic oxidation sites excluding steroid dienone is 1. The average molecular weight is 165 g/mol. The molecule has 1 aliphatic rings. The van der Waals surface area contributed by atoms with Gasteiger partial charge in [-0.25, -0.2) is 0 Å². The van der Waals surface area contributed by atoms with E-state index in [2.05, 4.69) is 0 Å². The summed E-state index contributed by atoms with van der Waals surface area (Å²) in [6, 6.07) is 1.89. The SMILES string of the molecule is NC1=CCC(=O)c2sccc21. The van der Waals surface area contributed by atoms with Crippen LogP contribution in [0.25, 0.3) is 5.70 Å². The lowest BCUT2D eigenvalue weighted by molar-refractivity contribution is 0.0998. The molecule has 3 heteroatoms. The highest BCUT2D eigenvalue weighted by atomic mass is 32.1. The van der Waals surface area contributed by atoms with E-state index in [-0.39, 0.29) is 5.78 Å². The molecule has 0 aromatic carbocycles. The number of carbonyl (C=O) groups is 1. The van der Waals surface area contributed by atoms with Gasteiger partial charge in [-0.3, -0.25) is 4.79 Å². The van der Waals surface area contributed by atoms with Crippen molar-refractivity contribution in [2.24, 2.45) is 5.73 Å². The Kier molecular flexibility index (Phi) is 1.32. The number of Topliss-reactive ketones (excluding diaryl/α,β-unsaturated/α-hetero) is 1. The molecule has 1 aromatic heterocycles. The standard InChI is InChI=1S/C8H7NOS/c9-6-1-2-7(10)8-5(6)3-4-11-8/h1,3-4H,2,9H2. The monoisotopic (exact) mass is 165 g/mol. The van der Waals surface area contributed by atoms with Gasteiger partial charge in [0.1, 0.15) is 0 Å². The third kappa shape index (κ3) is 0.886. The van der Waals surface area contributed by atoms with E-state index in [0.717, 1.165) is 16.1 Å². The number of ketones is 1. The van der Waals surface area contributed by atoms with Crippen molar-refractivity contribution in [3.05, 3.63) is 28.0 Å². The second-order valence-electron chi connectivity index (χ2n) is 2.45. The molecule has 56 valence electrons. The molecular weight excluding hydrogens is 158 g/mol. The van der Waals surface area contributed by atoms with Gasteiger partial charge in [-0.1, -0.05) is 6.08 Å². The van der Waals surface area contributed by atoms with Gasteiger partial charge >= 0.3 is 0 Å². The molecule has 1 heterocycles. The minimum absolute atomic E-state index is 0.184. The molecule has 11 heavy (non-hydrogen) atoms. The minimum atomic E-state index is 0.184. The number of fused-ring (bicyclic) bond motifs is 1. The Morgan fingerprint density at radius 1 is 1.55 bits per heavy atom. The number of hydrogen-bond acceptors (Lipinski definition) is 3. The Balaban J connectivity index is 2.63. The smallest absolute Gasteiger partial charge is 0.177 e. The molecule has 0 saturated carbocycles. The maximum absolute atomic E-state index is 11.2.